The number of halogens is 1. The Kier molecular flexibility index (Phi) is 2.33. The Hall–Kier alpha value is -0.870. The molecule has 66 valence electrons. The summed E-state index contributed by atoms with van der Waals surface area (Å²) in [6.07, 6.45) is 1.78. The van der Waals surface area contributed by atoms with Crippen LogP contribution >= 0.6 is 27.3 Å². The highest BCUT2D eigenvalue weighted by Gasteiger charge is 2.08. The molecule has 13 heavy (non-hydrogen) atoms. The Morgan fingerprint density at radius 3 is 2.85 bits per heavy atom. The molecular formula is C9H7BrN2S. The fraction of sp³-hybridized carbons (Fsp3) is 0. The van der Waals surface area contributed by atoms with Gasteiger partial charge in [-0.05, 0) is 28.1 Å². The average Bonchev–Trinajstić information content (AvgIpc) is 2.57. The molecule has 0 aliphatic heterocycles. The predicted molar refractivity (Wildman–Crippen MR) is 59.7 cm³/mol. The summed E-state index contributed by atoms with van der Waals surface area (Å²) in [5.74, 6) is 0. The summed E-state index contributed by atoms with van der Waals surface area (Å²) < 4.78 is 0.988. The summed E-state index contributed by atoms with van der Waals surface area (Å²) in [7, 11) is 0. The topological polar surface area (TPSA) is 38.9 Å². The van der Waals surface area contributed by atoms with Crippen LogP contribution in [0, 0.1) is 0 Å². The molecule has 2 rings (SSSR count). The third kappa shape index (κ3) is 1.59. The van der Waals surface area contributed by atoms with Crippen molar-refractivity contribution in [3.05, 3.63) is 34.2 Å². The number of nitrogen functional groups attached to an aromatic ring is 1. The van der Waals surface area contributed by atoms with Gasteiger partial charge in [-0.3, -0.25) is 0 Å². The molecule has 0 aliphatic carbocycles. The smallest absolute Gasteiger partial charge is 0.126 e. The van der Waals surface area contributed by atoms with E-state index >= 15 is 0 Å². The van der Waals surface area contributed by atoms with Gasteiger partial charge in [0.25, 0.3) is 0 Å². The average molecular weight is 255 g/mol. The second kappa shape index (κ2) is 3.47. The number of hydrogen-bond donors (Lipinski definition) is 1. The van der Waals surface area contributed by atoms with Crippen LogP contribution in [0.2, 0.25) is 0 Å². The molecule has 0 saturated carbocycles. The van der Waals surface area contributed by atoms with Crippen LogP contribution in [0.1, 0.15) is 0 Å². The molecule has 2 N–H and O–H groups in total. The molecule has 0 saturated heterocycles. The molecule has 2 aromatic rings. The molecule has 0 unspecified atom stereocenters. The molecule has 0 atom stereocenters. The maximum absolute atomic E-state index is 5.85. The fourth-order valence-electron chi connectivity index (χ4n) is 1.11. The molecule has 0 spiro atoms. The van der Waals surface area contributed by atoms with Crippen LogP contribution in [0.15, 0.2) is 34.2 Å². The summed E-state index contributed by atoms with van der Waals surface area (Å²) >= 11 is 5.04. The third-order valence-corrected chi connectivity index (χ3v) is 3.14. The van der Waals surface area contributed by atoms with Crippen LogP contribution in [-0.2, 0) is 0 Å². The molecule has 0 radical (unpaired) electrons. The molecule has 2 nitrogen and oxygen atoms in total. The first-order chi connectivity index (χ1) is 6.29. The molecule has 1 heterocycles. The Bertz CT molecular complexity index is 391. The van der Waals surface area contributed by atoms with E-state index in [4.69, 9.17) is 5.73 Å². The van der Waals surface area contributed by atoms with Crippen LogP contribution in [0.3, 0.4) is 0 Å². The summed E-state index contributed by atoms with van der Waals surface area (Å²) in [5, 5.41) is 2.89. The number of aromatic nitrogens is 1. The van der Waals surface area contributed by atoms with Gasteiger partial charge in [-0.25, -0.2) is 4.98 Å². The zero-order valence-electron chi connectivity index (χ0n) is 6.70. The Labute approximate surface area is 88.6 Å². The monoisotopic (exact) mass is 254 g/mol. The Morgan fingerprint density at radius 2 is 2.23 bits per heavy atom. The van der Waals surface area contributed by atoms with Crippen LogP contribution in [0.25, 0.3) is 10.6 Å². The highest BCUT2D eigenvalue weighted by Crippen LogP contribution is 2.34. The number of anilines is 1. The van der Waals surface area contributed by atoms with Crippen LogP contribution < -0.4 is 5.73 Å². The standard InChI is InChI=1S/C9H7BrN2S/c10-6-2-1-3-7(11)8(6)9-12-4-5-13-9/h1-5H,11H2. The van der Waals surface area contributed by atoms with Crippen LogP contribution in [0.4, 0.5) is 5.69 Å². The second-order valence-electron chi connectivity index (χ2n) is 2.54. The zero-order valence-corrected chi connectivity index (χ0v) is 9.10. The lowest BCUT2D eigenvalue weighted by Gasteiger charge is -2.03. The summed E-state index contributed by atoms with van der Waals surface area (Å²) in [4.78, 5) is 4.22. The minimum Gasteiger partial charge on any atom is -0.398 e. The number of rotatable bonds is 1. The highest BCUT2D eigenvalue weighted by molar-refractivity contribution is 9.10. The van der Waals surface area contributed by atoms with Crippen molar-refractivity contribution in [2.24, 2.45) is 0 Å². The minimum atomic E-state index is 0.754. The van der Waals surface area contributed by atoms with Gasteiger partial charge in [0.15, 0.2) is 0 Å². The van der Waals surface area contributed by atoms with Crippen molar-refractivity contribution in [1.82, 2.24) is 4.98 Å². The van der Waals surface area contributed by atoms with Crippen molar-refractivity contribution in [3.8, 4) is 10.6 Å². The zero-order chi connectivity index (χ0) is 9.26. The van der Waals surface area contributed by atoms with E-state index in [-0.39, 0.29) is 0 Å². The number of thiazole rings is 1. The second-order valence-corrected chi connectivity index (χ2v) is 4.29. The van der Waals surface area contributed by atoms with E-state index in [1.54, 1.807) is 17.5 Å². The number of nitrogens with two attached hydrogens (primary N) is 1. The van der Waals surface area contributed by atoms with Crippen molar-refractivity contribution < 1.29 is 0 Å². The molecule has 0 fully saturated rings. The van der Waals surface area contributed by atoms with Gasteiger partial charge >= 0.3 is 0 Å². The lowest BCUT2D eigenvalue weighted by molar-refractivity contribution is 1.41. The van der Waals surface area contributed by atoms with Gasteiger partial charge in [-0.1, -0.05) is 6.07 Å². The first-order valence-corrected chi connectivity index (χ1v) is 5.40. The van der Waals surface area contributed by atoms with Gasteiger partial charge < -0.3 is 5.73 Å². The maximum Gasteiger partial charge on any atom is 0.126 e. The molecule has 0 aliphatic rings. The number of benzene rings is 1. The molecule has 1 aromatic heterocycles. The quantitative estimate of drug-likeness (QED) is 0.795. The van der Waals surface area contributed by atoms with Crippen molar-refractivity contribution >= 4 is 33.0 Å². The summed E-state index contributed by atoms with van der Waals surface area (Å²) in [5.41, 5.74) is 7.59. The van der Waals surface area contributed by atoms with Gasteiger partial charge in [0.1, 0.15) is 5.01 Å². The van der Waals surface area contributed by atoms with E-state index in [1.165, 1.54) is 0 Å². The van der Waals surface area contributed by atoms with Gasteiger partial charge in [0.2, 0.25) is 0 Å². The lowest BCUT2D eigenvalue weighted by Crippen LogP contribution is -1.89. The third-order valence-electron chi connectivity index (χ3n) is 1.69. The normalized spacial score (nSPS) is 10.2. The predicted octanol–water partition coefficient (Wildman–Crippen LogP) is 3.15. The van der Waals surface area contributed by atoms with Gasteiger partial charge in [0.05, 0.1) is 0 Å². The van der Waals surface area contributed by atoms with E-state index in [0.717, 1.165) is 20.7 Å². The van der Waals surface area contributed by atoms with E-state index in [0.29, 0.717) is 0 Å². The fourth-order valence-corrected chi connectivity index (χ4v) is 2.53. The van der Waals surface area contributed by atoms with E-state index in [9.17, 15) is 0 Å². The SMILES string of the molecule is Nc1cccc(Br)c1-c1nccs1. The van der Waals surface area contributed by atoms with E-state index in [2.05, 4.69) is 20.9 Å². The van der Waals surface area contributed by atoms with Crippen molar-refractivity contribution in [1.29, 1.82) is 0 Å². The maximum atomic E-state index is 5.85. The molecule has 0 bridgehead atoms. The first kappa shape index (κ1) is 8.72. The minimum absolute atomic E-state index is 0.754. The van der Waals surface area contributed by atoms with Gasteiger partial charge in [-0.2, -0.15) is 0 Å². The lowest BCUT2D eigenvalue weighted by atomic mass is 10.2. The van der Waals surface area contributed by atoms with Crippen molar-refractivity contribution in [2.45, 2.75) is 0 Å². The highest BCUT2D eigenvalue weighted by atomic mass is 79.9. The number of nitrogens with zero attached hydrogens (tertiary/aromatic N) is 1. The van der Waals surface area contributed by atoms with E-state index in [1.807, 2.05) is 23.6 Å². The first-order valence-electron chi connectivity index (χ1n) is 3.73. The van der Waals surface area contributed by atoms with Crippen molar-refractivity contribution in [2.75, 3.05) is 5.73 Å². The molecule has 4 heteroatoms. The van der Waals surface area contributed by atoms with Crippen LogP contribution in [-0.4, -0.2) is 4.98 Å². The molecule has 1 aromatic carbocycles. The van der Waals surface area contributed by atoms with E-state index < -0.39 is 0 Å². The van der Waals surface area contributed by atoms with Gasteiger partial charge in [0, 0.05) is 27.3 Å². The summed E-state index contributed by atoms with van der Waals surface area (Å²) in [6.45, 7) is 0. The number of hydrogen-bond acceptors (Lipinski definition) is 3. The Balaban J connectivity index is 2.64. The van der Waals surface area contributed by atoms with Crippen molar-refractivity contribution in [3.63, 3.8) is 0 Å². The molecular weight excluding hydrogens is 248 g/mol. The summed E-state index contributed by atoms with van der Waals surface area (Å²) in [6, 6.07) is 5.76. The molecule has 0 amide bonds. The van der Waals surface area contributed by atoms with Gasteiger partial charge in [-0.15, -0.1) is 11.3 Å². The largest absolute Gasteiger partial charge is 0.398 e. The Morgan fingerprint density at radius 1 is 1.38 bits per heavy atom. The van der Waals surface area contributed by atoms with Crippen LogP contribution in [0.5, 0.6) is 0 Å².